The summed E-state index contributed by atoms with van der Waals surface area (Å²) in [6.07, 6.45) is 3.63. The van der Waals surface area contributed by atoms with Gasteiger partial charge in [-0.15, -0.1) is 0 Å². The summed E-state index contributed by atoms with van der Waals surface area (Å²) in [5.41, 5.74) is -0.561. The molecule has 2 aliphatic heterocycles. The van der Waals surface area contributed by atoms with Crippen molar-refractivity contribution in [2.45, 2.75) is 25.4 Å². The molecule has 110 valence electrons. The predicted octanol–water partition coefficient (Wildman–Crippen LogP) is 2.31. The second-order valence-corrected chi connectivity index (χ2v) is 5.89. The molecule has 1 N–H and O–H groups in total. The molecule has 0 saturated carbocycles. The number of aliphatic hydroxyl groups is 1. The molecule has 0 unspecified atom stereocenters. The minimum Gasteiger partial charge on any atom is -0.454 e. The molecular weight excluding hydrogens is 268 g/mol. The van der Waals surface area contributed by atoms with Crippen LogP contribution >= 0.6 is 0 Å². The SMILES string of the molecule is CCCC1(O)CN(c2nccc3cc4c(cc23)OCO4)C1. The maximum Gasteiger partial charge on any atom is 0.231 e. The normalized spacial score (nSPS) is 18.9. The van der Waals surface area contributed by atoms with Crippen molar-refractivity contribution in [3.8, 4) is 11.5 Å². The number of hydrogen-bond donors (Lipinski definition) is 1. The van der Waals surface area contributed by atoms with Gasteiger partial charge < -0.3 is 19.5 Å². The number of ether oxygens (including phenoxy) is 2. The molecule has 5 nitrogen and oxygen atoms in total. The number of benzene rings is 1. The Balaban J connectivity index is 1.70. The van der Waals surface area contributed by atoms with Crippen LogP contribution in [0.4, 0.5) is 5.82 Å². The fraction of sp³-hybridized carbons (Fsp3) is 0.438. The lowest BCUT2D eigenvalue weighted by Crippen LogP contribution is -2.62. The van der Waals surface area contributed by atoms with E-state index in [1.165, 1.54) is 0 Å². The Morgan fingerprint density at radius 2 is 2.05 bits per heavy atom. The van der Waals surface area contributed by atoms with Crippen molar-refractivity contribution in [3.63, 3.8) is 0 Å². The van der Waals surface area contributed by atoms with E-state index >= 15 is 0 Å². The first-order valence-corrected chi connectivity index (χ1v) is 7.34. The predicted molar refractivity (Wildman–Crippen MR) is 79.9 cm³/mol. The molecule has 0 aliphatic carbocycles. The zero-order chi connectivity index (χ0) is 14.4. The number of rotatable bonds is 3. The smallest absolute Gasteiger partial charge is 0.231 e. The zero-order valence-electron chi connectivity index (χ0n) is 12.0. The molecule has 4 rings (SSSR count). The van der Waals surface area contributed by atoms with Crippen molar-refractivity contribution < 1.29 is 14.6 Å². The number of hydrogen-bond acceptors (Lipinski definition) is 5. The van der Waals surface area contributed by atoms with Crippen molar-refractivity contribution in [1.29, 1.82) is 0 Å². The maximum absolute atomic E-state index is 10.4. The molecule has 5 heteroatoms. The van der Waals surface area contributed by atoms with Gasteiger partial charge in [-0.2, -0.15) is 0 Å². The Hall–Kier alpha value is -2.01. The van der Waals surface area contributed by atoms with Gasteiger partial charge in [0, 0.05) is 24.7 Å². The third-order valence-electron chi connectivity index (χ3n) is 4.22. The molecule has 0 bridgehead atoms. The quantitative estimate of drug-likeness (QED) is 0.938. The van der Waals surface area contributed by atoms with Crippen LogP contribution in [0.25, 0.3) is 10.8 Å². The Kier molecular flexibility index (Phi) is 2.72. The summed E-state index contributed by atoms with van der Waals surface area (Å²) in [6, 6.07) is 5.94. The monoisotopic (exact) mass is 286 g/mol. The van der Waals surface area contributed by atoms with E-state index < -0.39 is 5.60 Å². The molecule has 0 atom stereocenters. The Morgan fingerprint density at radius 3 is 2.81 bits per heavy atom. The van der Waals surface area contributed by atoms with Crippen molar-refractivity contribution in [3.05, 3.63) is 24.4 Å². The van der Waals surface area contributed by atoms with Gasteiger partial charge in [0.15, 0.2) is 11.5 Å². The topological polar surface area (TPSA) is 54.8 Å². The van der Waals surface area contributed by atoms with Gasteiger partial charge >= 0.3 is 0 Å². The lowest BCUT2D eigenvalue weighted by Gasteiger charge is -2.47. The first-order valence-electron chi connectivity index (χ1n) is 7.34. The van der Waals surface area contributed by atoms with Crippen LogP contribution in [-0.2, 0) is 0 Å². The van der Waals surface area contributed by atoms with Crippen LogP contribution in [0.2, 0.25) is 0 Å². The zero-order valence-corrected chi connectivity index (χ0v) is 12.0. The molecule has 1 fully saturated rings. The first-order chi connectivity index (χ1) is 10.2. The van der Waals surface area contributed by atoms with E-state index in [4.69, 9.17) is 9.47 Å². The van der Waals surface area contributed by atoms with Gasteiger partial charge in [-0.25, -0.2) is 4.98 Å². The van der Waals surface area contributed by atoms with Crippen LogP contribution in [0, 0.1) is 0 Å². The highest BCUT2D eigenvalue weighted by atomic mass is 16.7. The molecule has 21 heavy (non-hydrogen) atoms. The van der Waals surface area contributed by atoms with E-state index in [0.717, 1.165) is 40.9 Å². The molecule has 0 radical (unpaired) electrons. The fourth-order valence-electron chi connectivity index (χ4n) is 3.24. The van der Waals surface area contributed by atoms with E-state index in [0.29, 0.717) is 13.1 Å². The average Bonchev–Trinajstić information content (AvgIpc) is 2.89. The van der Waals surface area contributed by atoms with Crippen LogP contribution in [-0.4, -0.2) is 35.6 Å². The van der Waals surface area contributed by atoms with E-state index in [1.54, 1.807) is 6.20 Å². The minimum absolute atomic E-state index is 0.272. The number of fused-ring (bicyclic) bond motifs is 2. The number of anilines is 1. The Morgan fingerprint density at radius 1 is 1.29 bits per heavy atom. The van der Waals surface area contributed by atoms with Gasteiger partial charge in [-0.05, 0) is 30.0 Å². The first kappa shape index (κ1) is 12.7. The van der Waals surface area contributed by atoms with Crippen LogP contribution in [0.3, 0.4) is 0 Å². The van der Waals surface area contributed by atoms with Crippen molar-refractivity contribution in [1.82, 2.24) is 4.98 Å². The molecule has 1 aromatic heterocycles. The van der Waals surface area contributed by atoms with Gasteiger partial charge in [0.05, 0.1) is 5.60 Å². The molecule has 3 heterocycles. The third kappa shape index (κ3) is 2.00. The van der Waals surface area contributed by atoms with Crippen LogP contribution in [0.15, 0.2) is 24.4 Å². The summed E-state index contributed by atoms with van der Waals surface area (Å²) in [7, 11) is 0. The second-order valence-electron chi connectivity index (χ2n) is 5.89. The molecule has 2 aromatic rings. The highest BCUT2D eigenvalue weighted by molar-refractivity contribution is 5.95. The van der Waals surface area contributed by atoms with E-state index in [9.17, 15) is 5.11 Å². The van der Waals surface area contributed by atoms with Crippen molar-refractivity contribution in [2.75, 3.05) is 24.8 Å². The van der Waals surface area contributed by atoms with Crippen LogP contribution in [0.5, 0.6) is 11.5 Å². The van der Waals surface area contributed by atoms with E-state index in [2.05, 4.69) is 16.8 Å². The lowest BCUT2D eigenvalue weighted by molar-refractivity contribution is 0.00312. The van der Waals surface area contributed by atoms with Gasteiger partial charge in [0.2, 0.25) is 6.79 Å². The summed E-state index contributed by atoms with van der Waals surface area (Å²) < 4.78 is 10.9. The molecule has 1 saturated heterocycles. The number of nitrogens with zero attached hydrogens (tertiary/aromatic N) is 2. The number of pyridine rings is 1. The molecule has 2 aliphatic rings. The van der Waals surface area contributed by atoms with E-state index in [-0.39, 0.29) is 6.79 Å². The summed E-state index contributed by atoms with van der Waals surface area (Å²) in [5.74, 6) is 2.46. The van der Waals surface area contributed by atoms with Crippen LogP contribution < -0.4 is 14.4 Å². The fourth-order valence-corrected chi connectivity index (χ4v) is 3.24. The van der Waals surface area contributed by atoms with Gasteiger partial charge in [-0.1, -0.05) is 13.3 Å². The summed E-state index contributed by atoms with van der Waals surface area (Å²) in [6.45, 7) is 3.65. The number of β-amino-alcohol motifs (C(OH)–C–C–N with tert-alkyl or cyclic N) is 1. The van der Waals surface area contributed by atoms with E-state index in [1.807, 2.05) is 18.2 Å². The summed E-state index contributed by atoms with van der Waals surface area (Å²) in [5, 5.41) is 12.5. The Labute approximate surface area is 123 Å². The minimum atomic E-state index is -0.561. The Bertz CT molecular complexity index is 695. The molecule has 0 amide bonds. The third-order valence-corrected chi connectivity index (χ3v) is 4.22. The summed E-state index contributed by atoms with van der Waals surface area (Å²) in [4.78, 5) is 6.62. The van der Waals surface area contributed by atoms with Gasteiger partial charge in [-0.3, -0.25) is 0 Å². The summed E-state index contributed by atoms with van der Waals surface area (Å²) >= 11 is 0. The highest BCUT2D eigenvalue weighted by Gasteiger charge is 2.41. The maximum atomic E-state index is 10.4. The van der Waals surface area contributed by atoms with Gasteiger partial charge in [0.1, 0.15) is 5.82 Å². The second kappa shape index (κ2) is 4.49. The number of aromatic nitrogens is 1. The molecule has 1 aromatic carbocycles. The molecular formula is C16H18N2O3. The molecule has 0 spiro atoms. The standard InChI is InChI=1S/C16H18N2O3/c1-2-4-16(19)8-18(9-16)15-12-7-14-13(20-10-21-14)6-11(12)3-5-17-15/h3,5-7,19H,2,4,8-10H2,1H3. The lowest BCUT2D eigenvalue weighted by atomic mass is 9.89. The largest absolute Gasteiger partial charge is 0.454 e. The average molecular weight is 286 g/mol. The van der Waals surface area contributed by atoms with Crippen molar-refractivity contribution >= 4 is 16.6 Å². The van der Waals surface area contributed by atoms with Gasteiger partial charge in [0.25, 0.3) is 0 Å². The highest BCUT2D eigenvalue weighted by Crippen LogP contribution is 2.40. The van der Waals surface area contributed by atoms with Crippen molar-refractivity contribution in [2.24, 2.45) is 0 Å². The van der Waals surface area contributed by atoms with Crippen LogP contribution in [0.1, 0.15) is 19.8 Å².